The third-order valence-electron chi connectivity index (χ3n) is 7.36. The Labute approximate surface area is 225 Å². The lowest BCUT2D eigenvalue weighted by Crippen LogP contribution is -2.30. The summed E-state index contributed by atoms with van der Waals surface area (Å²) in [5.74, 6) is -0.582. The number of fused-ring (bicyclic) bond motifs is 2. The molecule has 0 bridgehead atoms. The fourth-order valence-corrected chi connectivity index (χ4v) is 5.99. The fraction of sp³-hybridized carbons (Fsp3) is 0.250. The van der Waals surface area contributed by atoms with Crippen LogP contribution in [0.1, 0.15) is 51.4 Å². The first-order chi connectivity index (χ1) is 18.6. The molecule has 2 aliphatic rings. The molecule has 1 saturated carbocycles. The fourth-order valence-electron chi connectivity index (χ4n) is 5.23. The van der Waals surface area contributed by atoms with Crippen molar-refractivity contribution >= 4 is 39.5 Å². The molecular formula is C28H26BFN2O6S. The highest BCUT2D eigenvalue weighted by Crippen LogP contribution is 2.45. The second-order valence-electron chi connectivity index (χ2n) is 10.2. The number of carbonyl (C=O) groups excluding carboxylic acids is 1. The number of sulfonamides is 1. The zero-order valence-corrected chi connectivity index (χ0v) is 22.0. The minimum absolute atomic E-state index is 0.106. The third-order valence-corrected chi connectivity index (χ3v) is 8.56. The number of benzene rings is 3. The Morgan fingerprint density at radius 2 is 1.87 bits per heavy atom. The van der Waals surface area contributed by atoms with Gasteiger partial charge in [0.25, 0.3) is 5.91 Å². The Morgan fingerprint density at radius 3 is 2.54 bits per heavy atom. The molecule has 1 aromatic heterocycles. The molecule has 0 unspecified atom stereocenters. The maximum atomic E-state index is 13.5. The van der Waals surface area contributed by atoms with E-state index >= 15 is 0 Å². The van der Waals surface area contributed by atoms with Crippen molar-refractivity contribution in [3.05, 3.63) is 88.2 Å². The largest absolute Gasteiger partial charge is 0.491 e. The van der Waals surface area contributed by atoms with Crippen molar-refractivity contribution in [2.45, 2.75) is 38.5 Å². The van der Waals surface area contributed by atoms with Crippen molar-refractivity contribution in [2.24, 2.45) is 5.73 Å². The number of hydrogen-bond donors (Lipinski definition) is 2. The molecule has 1 aliphatic carbocycles. The lowest BCUT2D eigenvalue weighted by atomic mass is 9.79. The summed E-state index contributed by atoms with van der Waals surface area (Å²) in [6, 6.07) is 14.7. The van der Waals surface area contributed by atoms with Gasteiger partial charge in [0.05, 0.1) is 18.4 Å². The van der Waals surface area contributed by atoms with E-state index < -0.39 is 28.9 Å². The summed E-state index contributed by atoms with van der Waals surface area (Å²) in [5, 5.41) is 10.5. The predicted octanol–water partition coefficient (Wildman–Crippen LogP) is 3.39. The number of nitrogens with zero attached hydrogens (tertiary/aromatic N) is 1. The highest BCUT2D eigenvalue weighted by atomic mass is 32.2. The highest BCUT2D eigenvalue weighted by molar-refractivity contribution is 7.88. The van der Waals surface area contributed by atoms with Gasteiger partial charge in [-0.15, -0.1) is 0 Å². The van der Waals surface area contributed by atoms with Crippen LogP contribution in [0.25, 0.3) is 22.3 Å². The van der Waals surface area contributed by atoms with Gasteiger partial charge in [-0.25, -0.2) is 12.8 Å². The van der Waals surface area contributed by atoms with Crippen LogP contribution < -0.4 is 11.2 Å². The van der Waals surface area contributed by atoms with Crippen molar-refractivity contribution in [1.29, 1.82) is 0 Å². The number of rotatable bonds is 8. The number of nitrogens with two attached hydrogens (primary N) is 1. The number of carbonyl (C=O) groups is 1. The van der Waals surface area contributed by atoms with Gasteiger partial charge in [-0.1, -0.05) is 18.2 Å². The van der Waals surface area contributed by atoms with Gasteiger partial charge in [-0.05, 0) is 82.9 Å². The molecule has 0 saturated heterocycles. The van der Waals surface area contributed by atoms with Crippen LogP contribution in [0.5, 0.6) is 0 Å². The minimum Gasteiger partial charge on any atom is -0.455 e. The Hall–Kier alpha value is -3.51. The van der Waals surface area contributed by atoms with Gasteiger partial charge in [0.1, 0.15) is 17.2 Å². The van der Waals surface area contributed by atoms with Gasteiger partial charge >= 0.3 is 7.12 Å². The van der Waals surface area contributed by atoms with Gasteiger partial charge in [0.15, 0.2) is 0 Å². The maximum absolute atomic E-state index is 13.5. The van der Waals surface area contributed by atoms with Crippen LogP contribution in [0.4, 0.5) is 4.39 Å². The topological polar surface area (TPSA) is 123 Å². The first-order valence-electron chi connectivity index (χ1n) is 12.6. The van der Waals surface area contributed by atoms with Gasteiger partial charge < -0.3 is 19.8 Å². The van der Waals surface area contributed by atoms with Crippen molar-refractivity contribution in [3.8, 4) is 11.3 Å². The number of primary amides is 1. The lowest BCUT2D eigenvalue weighted by Gasteiger charge is -2.22. The van der Waals surface area contributed by atoms with Crippen molar-refractivity contribution in [1.82, 2.24) is 4.31 Å². The molecule has 3 aromatic carbocycles. The van der Waals surface area contributed by atoms with Crippen LogP contribution in [0, 0.1) is 5.82 Å². The van der Waals surface area contributed by atoms with Crippen LogP contribution in [0.2, 0.25) is 0 Å². The summed E-state index contributed by atoms with van der Waals surface area (Å²) < 4.78 is 52.1. The van der Waals surface area contributed by atoms with Crippen LogP contribution in [0.15, 0.2) is 59.0 Å². The van der Waals surface area contributed by atoms with Crippen molar-refractivity contribution < 1.29 is 31.7 Å². The molecule has 1 fully saturated rings. The lowest BCUT2D eigenvalue weighted by molar-refractivity contribution is 0.100. The number of amides is 1. The standard InChI is InChI=1S/C28H26BFN2O6S/c1-39(35,36)32(13-16-2-9-24-20(10-16)15-37-29(24)34)14-19-11-25-23(12-22(19)17-3-4-17)26(28(31)33)27(38-25)18-5-7-21(30)8-6-18/h2,5-12,17,34H,3-4,13-15H2,1H3,(H2,31,33). The molecule has 0 atom stereocenters. The smallest absolute Gasteiger partial charge is 0.455 e. The first kappa shape index (κ1) is 25.8. The molecule has 200 valence electrons. The molecule has 2 heterocycles. The zero-order chi connectivity index (χ0) is 27.5. The van der Waals surface area contributed by atoms with E-state index in [2.05, 4.69) is 0 Å². The monoisotopic (exact) mass is 548 g/mol. The van der Waals surface area contributed by atoms with E-state index in [-0.39, 0.29) is 36.9 Å². The average Bonchev–Trinajstić information content (AvgIpc) is 3.57. The molecule has 0 spiro atoms. The molecule has 6 rings (SSSR count). The summed E-state index contributed by atoms with van der Waals surface area (Å²) in [5.41, 5.74) is 10.9. The Morgan fingerprint density at radius 1 is 1.13 bits per heavy atom. The average molecular weight is 548 g/mol. The molecule has 4 aromatic rings. The van der Waals surface area contributed by atoms with Crippen LogP contribution >= 0.6 is 0 Å². The molecule has 0 radical (unpaired) electrons. The summed E-state index contributed by atoms with van der Waals surface area (Å²) in [7, 11) is -4.58. The summed E-state index contributed by atoms with van der Waals surface area (Å²) >= 11 is 0. The molecule has 11 heteroatoms. The quantitative estimate of drug-likeness (QED) is 0.326. The van der Waals surface area contributed by atoms with Crippen molar-refractivity contribution in [3.63, 3.8) is 0 Å². The SMILES string of the molecule is CS(=O)(=O)N(Cc1ccc2c(c1)COB2O)Cc1cc2oc(-c3ccc(F)cc3)c(C(N)=O)c2cc1C1CC1. The van der Waals surface area contributed by atoms with Crippen LogP contribution in [-0.4, -0.2) is 37.0 Å². The number of halogens is 1. The number of furan rings is 1. The molecule has 3 N–H and O–H groups in total. The van der Waals surface area contributed by atoms with Gasteiger partial charge in [0, 0.05) is 24.0 Å². The van der Waals surface area contributed by atoms with Crippen LogP contribution in [-0.2, 0) is 34.4 Å². The second kappa shape index (κ2) is 9.60. The molecular weight excluding hydrogens is 522 g/mol. The van der Waals surface area contributed by atoms with E-state index in [0.29, 0.717) is 22.0 Å². The summed E-state index contributed by atoms with van der Waals surface area (Å²) in [6.45, 7) is 0.508. The van der Waals surface area contributed by atoms with E-state index in [1.807, 2.05) is 12.1 Å². The summed E-state index contributed by atoms with van der Waals surface area (Å²) in [4.78, 5) is 12.5. The molecule has 39 heavy (non-hydrogen) atoms. The highest BCUT2D eigenvalue weighted by Gasteiger charge is 2.31. The Balaban J connectivity index is 1.41. The van der Waals surface area contributed by atoms with Gasteiger partial charge in [-0.3, -0.25) is 4.79 Å². The van der Waals surface area contributed by atoms with E-state index in [1.165, 1.54) is 34.8 Å². The molecule has 1 aliphatic heterocycles. The normalized spacial score (nSPS) is 15.3. The first-order valence-corrected chi connectivity index (χ1v) is 14.4. The zero-order valence-electron chi connectivity index (χ0n) is 21.2. The maximum Gasteiger partial charge on any atom is 0.491 e. The number of hydrogen-bond acceptors (Lipinski definition) is 6. The van der Waals surface area contributed by atoms with E-state index in [9.17, 15) is 22.6 Å². The Bertz CT molecular complexity index is 1720. The van der Waals surface area contributed by atoms with Gasteiger partial charge in [-0.2, -0.15) is 4.31 Å². The van der Waals surface area contributed by atoms with E-state index in [1.54, 1.807) is 18.2 Å². The third kappa shape index (κ3) is 4.98. The van der Waals surface area contributed by atoms with Crippen LogP contribution in [0.3, 0.4) is 0 Å². The Kier molecular flexibility index (Phi) is 6.34. The molecule has 8 nitrogen and oxygen atoms in total. The second-order valence-corrected chi connectivity index (χ2v) is 12.2. The predicted molar refractivity (Wildman–Crippen MR) is 145 cm³/mol. The summed E-state index contributed by atoms with van der Waals surface area (Å²) in [6.07, 6.45) is 3.09. The molecule has 1 amide bonds. The minimum atomic E-state index is -3.61. The van der Waals surface area contributed by atoms with Crippen molar-refractivity contribution in [2.75, 3.05) is 6.26 Å². The van der Waals surface area contributed by atoms with Gasteiger partial charge in [0.2, 0.25) is 10.0 Å². The van der Waals surface area contributed by atoms with E-state index in [0.717, 1.165) is 35.1 Å². The van der Waals surface area contributed by atoms with E-state index in [4.69, 9.17) is 14.8 Å².